The molecular weight excluding hydrogens is 218 g/mol. The van der Waals surface area contributed by atoms with E-state index < -0.39 is 0 Å². The van der Waals surface area contributed by atoms with Crippen molar-refractivity contribution in [1.29, 1.82) is 0 Å². The third kappa shape index (κ3) is 5.15. The number of ether oxygens (including phenoxy) is 1. The van der Waals surface area contributed by atoms with E-state index in [4.69, 9.17) is 4.74 Å². The van der Waals surface area contributed by atoms with Gasteiger partial charge in [0.15, 0.2) is 0 Å². The van der Waals surface area contributed by atoms with Crippen LogP contribution in [0.1, 0.15) is 24.8 Å². The first-order valence-corrected chi connectivity index (χ1v) is 5.62. The van der Waals surface area contributed by atoms with Crippen molar-refractivity contribution in [2.45, 2.75) is 25.7 Å². The number of nitrogens with one attached hydrogen (secondary N) is 1. The molecule has 0 aliphatic carbocycles. The summed E-state index contributed by atoms with van der Waals surface area (Å²) in [5.41, 5.74) is 1.22. The lowest BCUT2D eigenvalue weighted by atomic mass is 10.1. The number of methoxy groups -OCH3 is 1. The van der Waals surface area contributed by atoms with Crippen molar-refractivity contribution >= 4 is 12.3 Å². The highest BCUT2D eigenvalue weighted by Crippen LogP contribution is 2.13. The van der Waals surface area contributed by atoms with Crippen LogP contribution in [-0.2, 0) is 16.0 Å². The predicted molar refractivity (Wildman–Crippen MR) is 64.8 cm³/mol. The number of amides is 2. The van der Waals surface area contributed by atoms with Gasteiger partial charge in [-0.2, -0.15) is 0 Å². The number of aryl methyl sites for hydroxylation is 1. The predicted octanol–water partition coefficient (Wildman–Crippen LogP) is 1.68. The van der Waals surface area contributed by atoms with E-state index in [1.807, 2.05) is 24.3 Å². The van der Waals surface area contributed by atoms with E-state index in [1.54, 1.807) is 7.11 Å². The van der Waals surface area contributed by atoms with Crippen molar-refractivity contribution in [2.75, 3.05) is 7.11 Å². The Morgan fingerprint density at radius 3 is 2.59 bits per heavy atom. The van der Waals surface area contributed by atoms with Gasteiger partial charge in [0.05, 0.1) is 7.11 Å². The maximum absolute atomic E-state index is 11.0. The van der Waals surface area contributed by atoms with Crippen molar-refractivity contribution in [3.8, 4) is 5.75 Å². The van der Waals surface area contributed by atoms with Crippen molar-refractivity contribution in [2.24, 2.45) is 0 Å². The molecule has 0 radical (unpaired) electrons. The molecule has 1 rings (SSSR count). The molecule has 2 amide bonds. The molecule has 0 aliphatic heterocycles. The van der Waals surface area contributed by atoms with E-state index in [-0.39, 0.29) is 5.91 Å². The number of imide groups is 1. The molecule has 1 aromatic carbocycles. The highest BCUT2D eigenvalue weighted by molar-refractivity contribution is 5.85. The van der Waals surface area contributed by atoms with Gasteiger partial charge in [-0.05, 0) is 37.0 Å². The molecule has 4 nitrogen and oxygen atoms in total. The second kappa shape index (κ2) is 7.44. The van der Waals surface area contributed by atoms with Crippen molar-refractivity contribution in [3.05, 3.63) is 29.8 Å². The fourth-order valence-electron chi connectivity index (χ4n) is 1.54. The van der Waals surface area contributed by atoms with Crippen LogP contribution in [-0.4, -0.2) is 19.4 Å². The van der Waals surface area contributed by atoms with Crippen LogP contribution in [0.2, 0.25) is 0 Å². The van der Waals surface area contributed by atoms with E-state index in [1.165, 1.54) is 5.56 Å². The Kier molecular flexibility index (Phi) is 5.79. The highest BCUT2D eigenvalue weighted by atomic mass is 16.5. The molecule has 0 spiro atoms. The van der Waals surface area contributed by atoms with Crippen LogP contribution < -0.4 is 10.1 Å². The summed E-state index contributed by atoms with van der Waals surface area (Å²) in [7, 11) is 1.64. The number of hydrogen-bond donors (Lipinski definition) is 1. The Morgan fingerprint density at radius 2 is 2.00 bits per heavy atom. The molecule has 0 fully saturated rings. The van der Waals surface area contributed by atoms with Gasteiger partial charge in [0.25, 0.3) is 0 Å². The summed E-state index contributed by atoms with van der Waals surface area (Å²) in [4.78, 5) is 21.0. The van der Waals surface area contributed by atoms with Crippen molar-refractivity contribution in [3.63, 3.8) is 0 Å². The van der Waals surface area contributed by atoms with E-state index in [0.717, 1.165) is 25.0 Å². The summed E-state index contributed by atoms with van der Waals surface area (Å²) >= 11 is 0. The number of unbranched alkanes of at least 4 members (excludes halogenated alkanes) is 1. The smallest absolute Gasteiger partial charge is 0.226 e. The Bertz CT molecular complexity index is 359. The van der Waals surface area contributed by atoms with Gasteiger partial charge in [-0.25, -0.2) is 0 Å². The molecule has 1 aromatic rings. The molecule has 0 bridgehead atoms. The molecular formula is C13H17NO3. The summed E-state index contributed by atoms with van der Waals surface area (Å²) in [5.74, 6) is 0.633. The van der Waals surface area contributed by atoms with Gasteiger partial charge in [0.2, 0.25) is 12.3 Å². The maximum Gasteiger partial charge on any atom is 0.226 e. The molecule has 92 valence electrons. The Balaban J connectivity index is 2.21. The second-order valence-electron chi connectivity index (χ2n) is 3.74. The molecule has 0 unspecified atom stereocenters. The topological polar surface area (TPSA) is 55.4 Å². The number of carbonyl (C=O) groups excluding carboxylic acids is 2. The first-order valence-electron chi connectivity index (χ1n) is 5.62. The lowest BCUT2D eigenvalue weighted by Gasteiger charge is -2.03. The summed E-state index contributed by atoms with van der Waals surface area (Å²) in [6, 6.07) is 7.89. The van der Waals surface area contributed by atoms with Gasteiger partial charge in [-0.15, -0.1) is 0 Å². The number of rotatable bonds is 7. The molecule has 4 heteroatoms. The van der Waals surface area contributed by atoms with E-state index in [0.29, 0.717) is 12.8 Å². The zero-order valence-electron chi connectivity index (χ0n) is 9.94. The highest BCUT2D eigenvalue weighted by Gasteiger charge is 2.00. The van der Waals surface area contributed by atoms with Gasteiger partial charge in [0, 0.05) is 6.42 Å². The van der Waals surface area contributed by atoms with Crippen LogP contribution in [0.15, 0.2) is 24.3 Å². The quantitative estimate of drug-likeness (QED) is 0.578. The average molecular weight is 235 g/mol. The minimum atomic E-state index is -0.213. The minimum Gasteiger partial charge on any atom is -0.497 e. The molecule has 0 atom stereocenters. The van der Waals surface area contributed by atoms with Gasteiger partial charge in [-0.1, -0.05) is 12.1 Å². The fraction of sp³-hybridized carbons (Fsp3) is 0.385. The summed E-state index contributed by atoms with van der Waals surface area (Å²) < 4.78 is 5.07. The fourth-order valence-corrected chi connectivity index (χ4v) is 1.54. The SMILES string of the molecule is COc1ccc(CCCCC(=O)NC=O)cc1. The molecule has 0 saturated heterocycles. The standard InChI is InChI=1S/C13H17NO3/c1-17-12-8-6-11(7-9-12)4-2-3-5-13(16)14-10-15/h6-10H,2-5H2,1H3,(H,14,15,16). The average Bonchev–Trinajstić information content (AvgIpc) is 2.36. The molecule has 0 aromatic heterocycles. The van der Waals surface area contributed by atoms with Crippen LogP contribution in [0.5, 0.6) is 5.75 Å². The normalized spacial score (nSPS) is 9.71. The Hall–Kier alpha value is -1.84. The lowest BCUT2D eigenvalue weighted by molar-refractivity contribution is -0.125. The first kappa shape index (κ1) is 13.2. The summed E-state index contributed by atoms with van der Waals surface area (Å²) in [6.07, 6.45) is 3.46. The maximum atomic E-state index is 11.0. The monoisotopic (exact) mass is 235 g/mol. The summed E-state index contributed by atoms with van der Waals surface area (Å²) in [5, 5.41) is 2.12. The van der Waals surface area contributed by atoms with Crippen molar-refractivity contribution < 1.29 is 14.3 Å². The van der Waals surface area contributed by atoms with Gasteiger partial charge >= 0.3 is 0 Å². The van der Waals surface area contributed by atoms with E-state index in [9.17, 15) is 9.59 Å². The Morgan fingerprint density at radius 1 is 1.29 bits per heavy atom. The zero-order chi connectivity index (χ0) is 12.5. The number of benzene rings is 1. The molecule has 0 aliphatic rings. The van der Waals surface area contributed by atoms with Crippen molar-refractivity contribution in [1.82, 2.24) is 5.32 Å². The van der Waals surface area contributed by atoms with E-state index >= 15 is 0 Å². The van der Waals surface area contributed by atoms with Crippen LogP contribution in [0.4, 0.5) is 0 Å². The third-order valence-corrected chi connectivity index (χ3v) is 2.50. The molecule has 0 heterocycles. The number of hydrogen-bond acceptors (Lipinski definition) is 3. The minimum absolute atomic E-state index is 0.213. The van der Waals surface area contributed by atoms with Gasteiger partial charge < -0.3 is 4.74 Å². The lowest BCUT2D eigenvalue weighted by Crippen LogP contribution is -2.20. The van der Waals surface area contributed by atoms with Crippen LogP contribution in [0, 0.1) is 0 Å². The van der Waals surface area contributed by atoms with Gasteiger partial charge in [-0.3, -0.25) is 14.9 Å². The molecule has 1 N–H and O–H groups in total. The first-order chi connectivity index (χ1) is 8.26. The second-order valence-corrected chi connectivity index (χ2v) is 3.74. The largest absolute Gasteiger partial charge is 0.497 e. The summed E-state index contributed by atoms with van der Waals surface area (Å²) in [6.45, 7) is 0. The Labute approximate surface area is 101 Å². The van der Waals surface area contributed by atoms with Crippen LogP contribution >= 0.6 is 0 Å². The third-order valence-electron chi connectivity index (χ3n) is 2.50. The molecule has 0 saturated carbocycles. The van der Waals surface area contributed by atoms with Crippen LogP contribution in [0.25, 0.3) is 0 Å². The van der Waals surface area contributed by atoms with Gasteiger partial charge in [0.1, 0.15) is 5.75 Å². The van der Waals surface area contributed by atoms with Crippen LogP contribution in [0.3, 0.4) is 0 Å². The number of carbonyl (C=O) groups is 2. The van der Waals surface area contributed by atoms with E-state index in [2.05, 4.69) is 5.32 Å². The molecule has 17 heavy (non-hydrogen) atoms. The zero-order valence-corrected chi connectivity index (χ0v) is 9.94.